The number of aliphatic hydroxyl groups excluding tert-OH is 1. The van der Waals surface area contributed by atoms with Gasteiger partial charge >= 0.3 is 0 Å². The van der Waals surface area contributed by atoms with Crippen LogP contribution in [-0.4, -0.2) is 49.9 Å². The Balaban J connectivity index is 1.45. The topological polar surface area (TPSA) is 80.5 Å². The molecule has 190 valence electrons. The molecule has 1 N–H and O–H groups in total. The molecule has 0 saturated carbocycles. The number of carbonyl (C=O) groups is 1. The first-order valence-electron chi connectivity index (χ1n) is 12.7. The molecular weight excluding hydrogens is 464 g/mol. The Bertz CT molecular complexity index is 1360. The number of nitrogens with zero attached hydrogens (tertiary/aromatic N) is 4. The van der Waals surface area contributed by atoms with Crippen molar-refractivity contribution in [1.82, 2.24) is 19.7 Å². The lowest BCUT2D eigenvalue weighted by molar-refractivity contribution is 0.0549. The van der Waals surface area contributed by atoms with Gasteiger partial charge in [0.1, 0.15) is 23.7 Å². The minimum Gasteiger partial charge on any atom is -0.489 e. The Morgan fingerprint density at radius 1 is 0.919 bits per heavy atom. The molecule has 0 saturated heterocycles. The summed E-state index contributed by atoms with van der Waals surface area (Å²) in [7, 11) is 0. The van der Waals surface area contributed by atoms with E-state index < -0.39 is 0 Å². The number of amides is 1. The Hall–Kier alpha value is -3.97. The Morgan fingerprint density at radius 2 is 1.62 bits per heavy atom. The highest BCUT2D eigenvalue weighted by molar-refractivity contribution is 6.03. The molecule has 1 aliphatic heterocycles. The summed E-state index contributed by atoms with van der Waals surface area (Å²) in [6.45, 7) is 7.70. The molecule has 4 aromatic rings. The molecule has 0 fully saturated rings. The molecule has 0 bridgehead atoms. The standard InChI is InChI=1S/C30H32N4O3/c1-20(2)23-6-4-22(5-7-23)19-37-26-10-8-24(9-11-26)27-28(25-12-14-31-15-13-25)32-34-17-16-33(21(3)18-35)30(36)29(27)34/h4-15,20-21,35H,16-19H2,1-3H3. The fourth-order valence-corrected chi connectivity index (χ4v) is 4.67. The van der Waals surface area contributed by atoms with E-state index in [1.54, 1.807) is 22.0 Å². The van der Waals surface area contributed by atoms with Crippen molar-refractivity contribution in [1.29, 1.82) is 0 Å². The molecule has 1 aliphatic rings. The number of aromatic nitrogens is 3. The average Bonchev–Trinajstić information content (AvgIpc) is 3.33. The molecule has 37 heavy (non-hydrogen) atoms. The second-order valence-corrected chi connectivity index (χ2v) is 9.77. The van der Waals surface area contributed by atoms with Crippen LogP contribution in [0, 0.1) is 0 Å². The zero-order chi connectivity index (χ0) is 25.9. The number of hydrogen-bond acceptors (Lipinski definition) is 5. The quantitative estimate of drug-likeness (QED) is 0.365. The number of hydrogen-bond donors (Lipinski definition) is 1. The Morgan fingerprint density at radius 3 is 2.27 bits per heavy atom. The van der Waals surface area contributed by atoms with E-state index in [2.05, 4.69) is 43.1 Å². The van der Waals surface area contributed by atoms with Gasteiger partial charge in [-0.25, -0.2) is 0 Å². The number of carbonyl (C=O) groups excluding carboxylic acids is 1. The van der Waals surface area contributed by atoms with Crippen molar-refractivity contribution >= 4 is 5.91 Å². The van der Waals surface area contributed by atoms with Crippen LogP contribution < -0.4 is 4.74 Å². The molecule has 0 aliphatic carbocycles. The van der Waals surface area contributed by atoms with Gasteiger partial charge in [0, 0.05) is 30.1 Å². The second-order valence-electron chi connectivity index (χ2n) is 9.77. The monoisotopic (exact) mass is 496 g/mol. The summed E-state index contributed by atoms with van der Waals surface area (Å²) in [5.41, 5.74) is 6.26. The van der Waals surface area contributed by atoms with Crippen LogP contribution in [0.25, 0.3) is 22.4 Å². The van der Waals surface area contributed by atoms with Gasteiger partial charge in [-0.3, -0.25) is 14.5 Å². The van der Waals surface area contributed by atoms with Crippen molar-refractivity contribution in [3.05, 3.63) is 89.9 Å². The Kier molecular flexibility index (Phi) is 7.06. The van der Waals surface area contributed by atoms with Gasteiger partial charge in [0.15, 0.2) is 0 Å². The molecule has 1 atom stereocenters. The summed E-state index contributed by atoms with van der Waals surface area (Å²) in [4.78, 5) is 19.4. The van der Waals surface area contributed by atoms with Crippen LogP contribution in [0.15, 0.2) is 73.1 Å². The fourth-order valence-electron chi connectivity index (χ4n) is 4.67. The molecular formula is C30H32N4O3. The second kappa shape index (κ2) is 10.6. The minimum atomic E-state index is -0.265. The van der Waals surface area contributed by atoms with E-state index in [0.29, 0.717) is 31.3 Å². The van der Waals surface area contributed by atoms with Gasteiger partial charge in [-0.05, 0) is 53.8 Å². The maximum Gasteiger partial charge on any atom is 0.273 e. The Labute approximate surface area is 217 Å². The molecule has 1 unspecified atom stereocenters. The smallest absolute Gasteiger partial charge is 0.273 e. The van der Waals surface area contributed by atoms with Crippen LogP contribution >= 0.6 is 0 Å². The zero-order valence-electron chi connectivity index (χ0n) is 21.5. The van der Waals surface area contributed by atoms with Gasteiger partial charge in [-0.1, -0.05) is 50.2 Å². The lowest BCUT2D eigenvalue weighted by Crippen LogP contribution is -2.47. The van der Waals surface area contributed by atoms with E-state index in [0.717, 1.165) is 33.7 Å². The van der Waals surface area contributed by atoms with Crippen molar-refractivity contribution in [2.24, 2.45) is 0 Å². The zero-order valence-corrected chi connectivity index (χ0v) is 21.5. The first-order valence-corrected chi connectivity index (χ1v) is 12.7. The largest absolute Gasteiger partial charge is 0.489 e. The van der Waals surface area contributed by atoms with Crippen molar-refractivity contribution in [3.63, 3.8) is 0 Å². The van der Waals surface area contributed by atoms with Crippen LogP contribution in [0.4, 0.5) is 0 Å². The van der Waals surface area contributed by atoms with E-state index in [1.165, 1.54) is 5.56 Å². The van der Waals surface area contributed by atoms with Crippen LogP contribution in [0.1, 0.15) is 48.3 Å². The van der Waals surface area contributed by atoms with Crippen LogP contribution in [-0.2, 0) is 13.2 Å². The predicted octanol–water partition coefficient (Wildman–Crippen LogP) is 5.15. The van der Waals surface area contributed by atoms with Gasteiger partial charge in [0.2, 0.25) is 0 Å². The van der Waals surface area contributed by atoms with Crippen molar-refractivity contribution in [2.45, 2.75) is 45.9 Å². The molecule has 7 heteroatoms. The third-order valence-electron chi connectivity index (χ3n) is 6.91. The molecule has 2 aromatic carbocycles. The SMILES string of the molecule is CC(C)c1ccc(COc2ccc(-c3c(-c4ccncc4)nn4c3C(=O)N(C(C)CO)CC4)cc2)cc1. The lowest BCUT2D eigenvalue weighted by Gasteiger charge is -2.32. The van der Waals surface area contributed by atoms with Crippen molar-refractivity contribution in [2.75, 3.05) is 13.2 Å². The molecule has 7 nitrogen and oxygen atoms in total. The number of pyridine rings is 1. The molecule has 3 heterocycles. The summed E-state index contributed by atoms with van der Waals surface area (Å²) in [6.07, 6.45) is 3.45. The summed E-state index contributed by atoms with van der Waals surface area (Å²) < 4.78 is 7.84. The normalized spacial score (nSPS) is 14.1. The third-order valence-corrected chi connectivity index (χ3v) is 6.91. The third kappa shape index (κ3) is 5.00. The van der Waals surface area contributed by atoms with Crippen LogP contribution in [0.3, 0.4) is 0 Å². The lowest BCUT2D eigenvalue weighted by atomic mass is 9.98. The van der Waals surface area contributed by atoms with Crippen molar-refractivity contribution in [3.8, 4) is 28.1 Å². The highest BCUT2D eigenvalue weighted by Crippen LogP contribution is 2.37. The van der Waals surface area contributed by atoms with E-state index in [1.807, 2.05) is 43.3 Å². The average molecular weight is 497 g/mol. The molecule has 0 spiro atoms. The van der Waals surface area contributed by atoms with E-state index in [4.69, 9.17) is 9.84 Å². The van der Waals surface area contributed by atoms with Crippen LogP contribution in [0.2, 0.25) is 0 Å². The number of aliphatic hydroxyl groups is 1. The van der Waals surface area contributed by atoms with E-state index >= 15 is 0 Å². The molecule has 2 aromatic heterocycles. The first-order chi connectivity index (χ1) is 18.0. The van der Waals surface area contributed by atoms with E-state index in [9.17, 15) is 9.90 Å². The number of rotatable bonds is 8. The number of benzene rings is 2. The highest BCUT2D eigenvalue weighted by Gasteiger charge is 2.34. The maximum atomic E-state index is 13.6. The molecule has 5 rings (SSSR count). The van der Waals surface area contributed by atoms with Gasteiger partial charge in [0.05, 0.1) is 19.2 Å². The summed E-state index contributed by atoms with van der Waals surface area (Å²) in [5, 5.41) is 14.5. The van der Waals surface area contributed by atoms with Gasteiger partial charge in [-0.15, -0.1) is 0 Å². The maximum absolute atomic E-state index is 13.6. The summed E-state index contributed by atoms with van der Waals surface area (Å²) in [5.74, 6) is 1.13. The molecule has 1 amide bonds. The molecule has 0 radical (unpaired) electrons. The van der Waals surface area contributed by atoms with Crippen LogP contribution in [0.5, 0.6) is 5.75 Å². The number of ether oxygens (including phenoxy) is 1. The van der Waals surface area contributed by atoms with Gasteiger partial charge in [-0.2, -0.15) is 5.10 Å². The van der Waals surface area contributed by atoms with Gasteiger partial charge < -0.3 is 14.7 Å². The van der Waals surface area contributed by atoms with Crippen molar-refractivity contribution < 1.29 is 14.6 Å². The first kappa shape index (κ1) is 24.7. The minimum absolute atomic E-state index is 0.0847. The predicted molar refractivity (Wildman–Crippen MR) is 143 cm³/mol. The summed E-state index contributed by atoms with van der Waals surface area (Å²) in [6, 6.07) is 19.9. The highest BCUT2D eigenvalue weighted by atomic mass is 16.5. The fraction of sp³-hybridized carbons (Fsp3) is 0.300. The number of fused-ring (bicyclic) bond motifs is 1. The summed E-state index contributed by atoms with van der Waals surface area (Å²) >= 11 is 0. The van der Waals surface area contributed by atoms with Gasteiger partial charge in [0.25, 0.3) is 5.91 Å². The van der Waals surface area contributed by atoms with E-state index in [-0.39, 0.29) is 18.6 Å².